The Hall–Kier alpha value is -4.04. The van der Waals surface area contributed by atoms with Crippen molar-refractivity contribution in [1.82, 2.24) is 30.1 Å². The van der Waals surface area contributed by atoms with Crippen molar-refractivity contribution in [2.75, 3.05) is 0 Å². The van der Waals surface area contributed by atoms with E-state index < -0.39 is 0 Å². The van der Waals surface area contributed by atoms with Crippen LogP contribution in [-0.2, 0) is 19.6 Å². The topological polar surface area (TPSA) is 92.8 Å². The highest BCUT2D eigenvalue weighted by atomic mass is 16.3. The number of hydrogen-bond donors (Lipinski definition) is 1. The maximum Gasteiger partial charge on any atom is 0.252 e. The van der Waals surface area contributed by atoms with E-state index in [2.05, 4.69) is 64.4 Å². The minimum absolute atomic E-state index is 0.0840. The van der Waals surface area contributed by atoms with Gasteiger partial charge in [0.25, 0.3) is 5.56 Å². The fourth-order valence-electron chi connectivity index (χ4n) is 4.80. The number of nitrogens with zero attached hydrogens (tertiary/aromatic N) is 5. The van der Waals surface area contributed by atoms with E-state index in [0.717, 1.165) is 46.5 Å². The van der Waals surface area contributed by atoms with Crippen LogP contribution in [0.3, 0.4) is 0 Å². The van der Waals surface area contributed by atoms with Gasteiger partial charge in [0.1, 0.15) is 5.76 Å². The van der Waals surface area contributed by atoms with E-state index >= 15 is 0 Å². The molecule has 5 rings (SSSR count). The van der Waals surface area contributed by atoms with Gasteiger partial charge in [-0.2, -0.15) is 0 Å². The third kappa shape index (κ3) is 5.54. The summed E-state index contributed by atoms with van der Waals surface area (Å²) in [6.07, 6.45) is 3.44. The second kappa shape index (κ2) is 10.9. The highest BCUT2D eigenvalue weighted by molar-refractivity contribution is 5.80. The Labute approximate surface area is 215 Å². The maximum absolute atomic E-state index is 13.2. The van der Waals surface area contributed by atoms with E-state index in [4.69, 9.17) is 4.42 Å². The number of rotatable bonds is 10. The van der Waals surface area contributed by atoms with Crippen LogP contribution in [0.4, 0.5) is 0 Å². The van der Waals surface area contributed by atoms with Gasteiger partial charge in [-0.1, -0.05) is 43.7 Å². The summed E-state index contributed by atoms with van der Waals surface area (Å²) >= 11 is 0. The summed E-state index contributed by atoms with van der Waals surface area (Å²) in [5.41, 5.74) is 4.95. The molecule has 5 aromatic rings. The van der Waals surface area contributed by atoms with Crippen LogP contribution >= 0.6 is 0 Å². The molecule has 0 saturated carbocycles. The first-order valence-corrected chi connectivity index (χ1v) is 12.7. The second-order valence-corrected chi connectivity index (χ2v) is 9.62. The quantitative estimate of drug-likeness (QED) is 0.281. The lowest BCUT2D eigenvalue weighted by molar-refractivity contribution is 0.144. The number of tetrazole rings is 1. The number of benzene rings is 2. The van der Waals surface area contributed by atoms with Crippen LogP contribution in [0, 0.1) is 13.8 Å². The lowest BCUT2D eigenvalue weighted by Crippen LogP contribution is -2.32. The normalized spacial score (nSPS) is 12.4. The van der Waals surface area contributed by atoms with Gasteiger partial charge in [-0.15, -0.1) is 5.10 Å². The molecule has 0 spiro atoms. The Morgan fingerprint density at radius 2 is 1.84 bits per heavy atom. The van der Waals surface area contributed by atoms with Gasteiger partial charge >= 0.3 is 0 Å². The number of hydrogen-bond acceptors (Lipinski definition) is 6. The van der Waals surface area contributed by atoms with Gasteiger partial charge in [-0.3, -0.25) is 9.69 Å². The number of fused-ring (bicyclic) bond motifs is 1. The molecule has 0 radical (unpaired) electrons. The SMILES string of the molecule is CCC[C@H](c1nnnn1Cc1ccccc1)N(Cc1ccco1)Cc1cc2cc(C)c(C)cc2[nH]c1=O. The van der Waals surface area contributed by atoms with Crippen LogP contribution < -0.4 is 5.56 Å². The van der Waals surface area contributed by atoms with E-state index in [1.807, 2.05) is 47.1 Å². The van der Waals surface area contributed by atoms with Gasteiger partial charge in [0.15, 0.2) is 5.82 Å². The standard InChI is InChI=1S/C29H32N6O2/c1-4-9-27(28-31-32-33-35(28)17-22-10-6-5-7-11-22)34(19-25-12-8-13-37-25)18-24-16-23-14-20(2)21(3)15-26(23)30-29(24)36/h5-8,10-16,27H,4,9,17-19H2,1-3H3,(H,30,36)/t27-/m1/s1. The van der Waals surface area contributed by atoms with Crippen molar-refractivity contribution in [3.05, 3.63) is 111 Å². The van der Waals surface area contributed by atoms with E-state index in [1.165, 1.54) is 5.56 Å². The van der Waals surface area contributed by atoms with E-state index in [1.54, 1.807) is 6.26 Å². The summed E-state index contributed by atoms with van der Waals surface area (Å²) in [7, 11) is 0. The Morgan fingerprint density at radius 3 is 2.59 bits per heavy atom. The number of H-pyrrole nitrogens is 1. The predicted molar refractivity (Wildman–Crippen MR) is 143 cm³/mol. The number of aromatic amines is 1. The zero-order valence-corrected chi connectivity index (χ0v) is 21.5. The Bertz CT molecular complexity index is 1520. The zero-order valence-electron chi connectivity index (χ0n) is 21.5. The second-order valence-electron chi connectivity index (χ2n) is 9.62. The minimum Gasteiger partial charge on any atom is -0.468 e. The summed E-state index contributed by atoms with van der Waals surface area (Å²) in [5.74, 6) is 1.60. The predicted octanol–water partition coefficient (Wildman–Crippen LogP) is 5.32. The zero-order chi connectivity index (χ0) is 25.8. The van der Waals surface area contributed by atoms with E-state index in [9.17, 15) is 4.79 Å². The number of aryl methyl sites for hydroxylation is 2. The molecule has 0 aliphatic carbocycles. The molecular formula is C29H32N6O2. The monoisotopic (exact) mass is 496 g/mol. The van der Waals surface area contributed by atoms with Crippen LogP contribution in [0.1, 0.15) is 59.6 Å². The molecular weight excluding hydrogens is 464 g/mol. The highest BCUT2D eigenvalue weighted by Crippen LogP contribution is 2.28. The third-order valence-electron chi connectivity index (χ3n) is 6.88. The van der Waals surface area contributed by atoms with Crippen LogP contribution in [-0.4, -0.2) is 30.1 Å². The lowest BCUT2D eigenvalue weighted by Gasteiger charge is -2.30. The van der Waals surface area contributed by atoms with E-state index in [0.29, 0.717) is 25.2 Å². The Morgan fingerprint density at radius 1 is 1.03 bits per heavy atom. The summed E-state index contributed by atoms with van der Waals surface area (Å²) in [6.45, 7) is 7.83. The van der Waals surface area contributed by atoms with Crippen LogP contribution in [0.2, 0.25) is 0 Å². The molecule has 0 bridgehead atoms. The maximum atomic E-state index is 13.2. The molecule has 3 heterocycles. The highest BCUT2D eigenvalue weighted by Gasteiger charge is 2.27. The smallest absolute Gasteiger partial charge is 0.252 e. The minimum atomic E-state index is -0.108. The summed E-state index contributed by atoms with van der Waals surface area (Å²) in [4.78, 5) is 18.5. The Balaban J connectivity index is 1.53. The van der Waals surface area contributed by atoms with Gasteiger partial charge in [-0.25, -0.2) is 4.68 Å². The van der Waals surface area contributed by atoms with Crippen molar-refractivity contribution in [1.29, 1.82) is 0 Å². The molecule has 0 aliphatic heterocycles. The van der Waals surface area contributed by atoms with Crippen LogP contribution in [0.25, 0.3) is 10.9 Å². The van der Waals surface area contributed by atoms with E-state index in [-0.39, 0.29) is 11.6 Å². The third-order valence-corrected chi connectivity index (χ3v) is 6.88. The number of nitrogens with one attached hydrogen (secondary N) is 1. The van der Waals surface area contributed by atoms with Gasteiger partial charge < -0.3 is 9.40 Å². The molecule has 8 heteroatoms. The molecule has 3 aromatic heterocycles. The van der Waals surface area contributed by atoms with Crippen molar-refractivity contribution in [2.24, 2.45) is 0 Å². The van der Waals surface area contributed by atoms with Crippen LogP contribution in [0.5, 0.6) is 0 Å². The molecule has 1 atom stereocenters. The van der Waals surface area contributed by atoms with Crippen molar-refractivity contribution in [3.63, 3.8) is 0 Å². The van der Waals surface area contributed by atoms with Crippen molar-refractivity contribution in [3.8, 4) is 0 Å². The number of aromatic nitrogens is 5. The van der Waals surface area contributed by atoms with Crippen molar-refractivity contribution < 1.29 is 4.42 Å². The molecule has 37 heavy (non-hydrogen) atoms. The van der Waals surface area contributed by atoms with Crippen molar-refractivity contribution in [2.45, 2.75) is 59.3 Å². The van der Waals surface area contributed by atoms with Crippen LogP contribution in [0.15, 0.2) is 76.1 Å². The molecule has 0 aliphatic rings. The molecule has 2 aromatic carbocycles. The van der Waals surface area contributed by atoms with Gasteiger partial charge in [0.05, 0.1) is 25.4 Å². The molecule has 1 N–H and O–H groups in total. The van der Waals surface area contributed by atoms with Crippen molar-refractivity contribution >= 4 is 10.9 Å². The first-order valence-electron chi connectivity index (χ1n) is 12.7. The molecule has 0 amide bonds. The number of pyridine rings is 1. The summed E-state index contributed by atoms with van der Waals surface area (Å²) in [5, 5.41) is 13.8. The first-order chi connectivity index (χ1) is 18.0. The fraction of sp³-hybridized carbons (Fsp3) is 0.310. The molecule has 0 unspecified atom stereocenters. The molecule has 190 valence electrons. The average molecular weight is 497 g/mol. The molecule has 8 nitrogen and oxygen atoms in total. The fourth-order valence-corrected chi connectivity index (χ4v) is 4.80. The first kappa shape index (κ1) is 24.6. The van der Waals surface area contributed by atoms with Gasteiger partial charge in [-0.05, 0) is 83.1 Å². The Kier molecular flexibility index (Phi) is 7.28. The number of furan rings is 1. The van der Waals surface area contributed by atoms with Gasteiger partial charge in [0.2, 0.25) is 0 Å². The lowest BCUT2D eigenvalue weighted by atomic mass is 10.0. The summed E-state index contributed by atoms with van der Waals surface area (Å²) < 4.78 is 7.58. The average Bonchev–Trinajstić information content (AvgIpc) is 3.57. The molecule has 0 saturated heterocycles. The summed E-state index contributed by atoms with van der Waals surface area (Å²) in [6, 6.07) is 20.1. The van der Waals surface area contributed by atoms with Gasteiger partial charge in [0, 0.05) is 17.6 Å². The largest absolute Gasteiger partial charge is 0.468 e. The molecule has 0 fully saturated rings.